The summed E-state index contributed by atoms with van der Waals surface area (Å²) in [6.07, 6.45) is 5.60. The maximum atomic E-state index is 11.8. The maximum Gasteiger partial charge on any atom is 0.321 e. The van der Waals surface area contributed by atoms with Gasteiger partial charge in [-0.15, -0.1) is 0 Å². The van der Waals surface area contributed by atoms with Crippen LogP contribution in [0.25, 0.3) is 0 Å². The van der Waals surface area contributed by atoms with Crippen molar-refractivity contribution in [1.82, 2.24) is 5.32 Å². The molecule has 1 aliphatic carbocycles. The Hall–Kier alpha value is -1.14. The van der Waals surface area contributed by atoms with Crippen molar-refractivity contribution < 1.29 is 24.2 Å². The molecule has 23 heavy (non-hydrogen) atoms. The van der Waals surface area contributed by atoms with Gasteiger partial charge < -0.3 is 19.9 Å². The normalized spacial score (nSPS) is 17.2. The van der Waals surface area contributed by atoms with Gasteiger partial charge in [-0.1, -0.05) is 12.8 Å². The number of ether oxygens (including phenoxy) is 2. The van der Waals surface area contributed by atoms with Gasteiger partial charge in [-0.05, 0) is 46.5 Å². The fourth-order valence-corrected chi connectivity index (χ4v) is 2.59. The summed E-state index contributed by atoms with van der Waals surface area (Å²) in [5, 5.41) is 12.3. The number of hydrogen-bond acceptors (Lipinski definition) is 5. The summed E-state index contributed by atoms with van der Waals surface area (Å²) in [6, 6.07) is -0.645. The molecule has 0 aromatic carbocycles. The fourth-order valence-electron chi connectivity index (χ4n) is 2.59. The number of carboxylic acids is 1. The number of carbonyl (C=O) groups excluding carboxylic acids is 1. The lowest BCUT2D eigenvalue weighted by Gasteiger charge is -2.19. The quantitative estimate of drug-likeness (QED) is 0.473. The topological polar surface area (TPSA) is 84.9 Å². The third kappa shape index (κ3) is 9.56. The first kappa shape index (κ1) is 19.9. The standard InChI is InChI=1S/C17H31NO5/c1-17(2,3)23-11-7-6-10-22-15(19)12-14(16(20)21)18-13-8-4-5-9-13/h13-14,18H,4-12H2,1-3H3,(H,20,21)/t14-/m1/s1. The molecule has 0 amide bonds. The molecule has 0 heterocycles. The molecular weight excluding hydrogens is 298 g/mol. The van der Waals surface area contributed by atoms with Gasteiger partial charge in [0.15, 0.2) is 0 Å². The summed E-state index contributed by atoms with van der Waals surface area (Å²) in [5.74, 6) is -1.45. The predicted molar refractivity (Wildman–Crippen MR) is 87.3 cm³/mol. The second-order valence-corrected chi connectivity index (χ2v) is 7.13. The van der Waals surface area contributed by atoms with Crippen LogP contribution < -0.4 is 5.32 Å². The molecule has 1 fully saturated rings. The van der Waals surface area contributed by atoms with Crippen LogP contribution in [0.3, 0.4) is 0 Å². The summed E-state index contributed by atoms with van der Waals surface area (Å²) < 4.78 is 10.7. The largest absolute Gasteiger partial charge is 0.480 e. The molecule has 0 aromatic rings. The number of aliphatic carboxylic acids is 1. The van der Waals surface area contributed by atoms with E-state index >= 15 is 0 Å². The van der Waals surface area contributed by atoms with Gasteiger partial charge >= 0.3 is 11.9 Å². The highest BCUT2D eigenvalue weighted by atomic mass is 16.5. The minimum Gasteiger partial charge on any atom is -0.480 e. The zero-order valence-electron chi connectivity index (χ0n) is 14.6. The molecule has 6 nitrogen and oxygen atoms in total. The van der Waals surface area contributed by atoms with Crippen molar-refractivity contribution in [2.75, 3.05) is 13.2 Å². The molecule has 1 aliphatic rings. The lowest BCUT2D eigenvalue weighted by atomic mass is 10.1. The number of hydrogen-bond donors (Lipinski definition) is 2. The summed E-state index contributed by atoms with van der Waals surface area (Å²) in [6.45, 7) is 6.92. The van der Waals surface area contributed by atoms with E-state index in [1.54, 1.807) is 0 Å². The van der Waals surface area contributed by atoms with Crippen molar-refractivity contribution in [3.05, 3.63) is 0 Å². The monoisotopic (exact) mass is 329 g/mol. The molecule has 0 bridgehead atoms. The first-order valence-corrected chi connectivity index (χ1v) is 8.56. The second kappa shape index (κ2) is 9.88. The Morgan fingerprint density at radius 3 is 2.35 bits per heavy atom. The molecule has 0 aliphatic heterocycles. The lowest BCUT2D eigenvalue weighted by Crippen LogP contribution is -2.43. The van der Waals surface area contributed by atoms with E-state index in [0.29, 0.717) is 13.2 Å². The van der Waals surface area contributed by atoms with Gasteiger partial charge in [0.25, 0.3) is 0 Å². The van der Waals surface area contributed by atoms with Crippen molar-refractivity contribution in [3.8, 4) is 0 Å². The van der Waals surface area contributed by atoms with Crippen LogP contribution in [-0.4, -0.2) is 47.9 Å². The molecule has 0 unspecified atom stereocenters. The number of carboxylic acid groups (broad SMARTS) is 1. The first-order valence-electron chi connectivity index (χ1n) is 8.56. The first-order chi connectivity index (χ1) is 10.8. The molecule has 134 valence electrons. The zero-order valence-corrected chi connectivity index (χ0v) is 14.6. The van der Waals surface area contributed by atoms with Crippen LogP contribution in [0.4, 0.5) is 0 Å². The zero-order chi connectivity index (χ0) is 17.3. The summed E-state index contributed by atoms with van der Waals surface area (Å²) in [7, 11) is 0. The van der Waals surface area contributed by atoms with Gasteiger partial charge in [0.05, 0.1) is 18.6 Å². The maximum absolute atomic E-state index is 11.8. The van der Waals surface area contributed by atoms with E-state index in [4.69, 9.17) is 9.47 Å². The van der Waals surface area contributed by atoms with E-state index in [9.17, 15) is 14.7 Å². The number of rotatable bonds is 10. The van der Waals surface area contributed by atoms with Crippen molar-refractivity contribution in [1.29, 1.82) is 0 Å². The van der Waals surface area contributed by atoms with Crippen LogP contribution in [0.5, 0.6) is 0 Å². The Morgan fingerprint density at radius 2 is 1.78 bits per heavy atom. The van der Waals surface area contributed by atoms with E-state index < -0.39 is 18.0 Å². The van der Waals surface area contributed by atoms with Gasteiger partial charge in [0.1, 0.15) is 6.04 Å². The minimum absolute atomic E-state index is 0.121. The fraction of sp³-hybridized carbons (Fsp3) is 0.882. The number of carbonyl (C=O) groups is 2. The Labute approximate surface area is 138 Å². The summed E-state index contributed by atoms with van der Waals surface area (Å²) in [4.78, 5) is 23.0. The van der Waals surface area contributed by atoms with Crippen LogP contribution in [0.1, 0.15) is 65.7 Å². The highest BCUT2D eigenvalue weighted by molar-refractivity contribution is 5.81. The van der Waals surface area contributed by atoms with Crippen LogP contribution in [-0.2, 0) is 19.1 Å². The van der Waals surface area contributed by atoms with Crippen LogP contribution >= 0.6 is 0 Å². The van der Waals surface area contributed by atoms with Gasteiger partial charge in [0, 0.05) is 12.6 Å². The third-order valence-corrected chi connectivity index (χ3v) is 3.80. The SMILES string of the molecule is CC(C)(C)OCCCCOC(=O)C[C@@H](NC1CCCC1)C(=O)O. The molecule has 2 N–H and O–H groups in total. The van der Waals surface area contributed by atoms with Crippen molar-refractivity contribution in [2.45, 2.75) is 83.4 Å². The molecular formula is C17H31NO5. The third-order valence-electron chi connectivity index (χ3n) is 3.80. The molecule has 0 spiro atoms. The van der Waals surface area contributed by atoms with Crippen LogP contribution in [0, 0.1) is 0 Å². The van der Waals surface area contributed by atoms with Gasteiger partial charge in [-0.3, -0.25) is 9.59 Å². The van der Waals surface area contributed by atoms with Gasteiger partial charge in [-0.2, -0.15) is 0 Å². The average Bonchev–Trinajstić information content (AvgIpc) is 2.93. The molecule has 6 heteroatoms. The van der Waals surface area contributed by atoms with E-state index in [-0.39, 0.29) is 18.1 Å². The highest BCUT2D eigenvalue weighted by Gasteiger charge is 2.26. The number of nitrogens with one attached hydrogen (secondary N) is 1. The van der Waals surface area contributed by atoms with E-state index in [0.717, 1.165) is 38.5 Å². The van der Waals surface area contributed by atoms with E-state index in [1.807, 2.05) is 20.8 Å². The van der Waals surface area contributed by atoms with Gasteiger partial charge in [0.2, 0.25) is 0 Å². The Bertz CT molecular complexity index is 372. The number of unbranched alkanes of at least 4 members (excludes halogenated alkanes) is 1. The molecule has 1 rings (SSSR count). The predicted octanol–water partition coefficient (Wildman–Crippen LogP) is 2.50. The summed E-state index contributed by atoms with van der Waals surface area (Å²) in [5.41, 5.74) is -0.155. The smallest absolute Gasteiger partial charge is 0.321 e. The van der Waals surface area contributed by atoms with Crippen LogP contribution in [0.15, 0.2) is 0 Å². The molecule has 1 atom stereocenters. The van der Waals surface area contributed by atoms with Crippen molar-refractivity contribution in [3.63, 3.8) is 0 Å². The average molecular weight is 329 g/mol. The molecule has 0 aromatic heterocycles. The van der Waals surface area contributed by atoms with Gasteiger partial charge in [-0.25, -0.2) is 0 Å². The minimum atomic E-state index is -0.993. The Kier molecular flexibility index (Phi) is 8.55. The lowest BCUT2D eigenvalue weighted by molar-refractivity contribution is -0.150. The van der Waals surface area contributed by atoms with E-state index in [2.05, 4.69) is 5.32 Å². The number of esters is 1. The summed E-state index contributed by atoms with van der Waals surface area (Å²) >= 11 is 0. The highest BCUT2D eigenvalue weighted by Crippen LogP contribution is 2.18. The van der Waals surface area contributed by atoms with Crippen molar-refractivity contribution >= 4 is 11.9 Å². The van der Waals surface area contributed by atoms with Crippen LogP contribution in [0.2, 0.25) is 0 Å². The van der Waals surface area contributed by atoms with E-state index in [1.165, 1.54) is 0 Å². The molecule has 1 saturated carbocycles. The Morgan fingerprint density at radius 1 is 1.17 bits per heavy atom. The molecule has 0 saturated heterocycles. The Balaban J connectivity index is 2.16. The second-order valence-electron chi connectivity index (χ2n) is 7.13. The van der Waals surface area contributed by atoms with Crippen molar-refractivity contribution in [2.24, 2.45) is 0 Å². The molecule has 0 radical (unpaired) electrons.